The molecule has 6 nitrogen and oxygen atoms in total. The second-order valence-electron chi connectivity index (χ2n) is 13.8. The van der Waals surface area contributed by atoms with Crippen LogP contribution in [0.3, 0.4) is 0 Å². The first kappa shape index (κ1) is 42.6. The molecule has 0 amide bonds. The minimum Gasteiger partial charge on any atom is -0.405 e. The van der Waals surface area contributed by atoms with Crippen molar-refractivity contribution >= 4 is 18.7 Å². The highest BCUT2D eigenvalue weighted by Gasteiger charge is 2.50. The minimum atomic E-state index is -2.52. The highest BCUT2D eigenvalue weighted by molar-refractivity contribution is 6.99. The lowest BCUT2D eigenvalue weighted by atomic mass is 10.0. The van der Waals surface area contributed by atoms with Crippen LogP contribution < -0.4 is 10.4 Å². The number of unbranched alkanes of at least 4 members (excludes halogenated alkanes) is 12. The van der Waals surface area contributed by atoms with E-state index in [1.165, 1.54) is 87.4 Å². The summed E-state index contributed by atoms with van der Waals surface area (Å²) in [4.78, 5) is 0. The number of ether oxygens (including phenoxy) is 5. The van der Waals surface area contributed by atoms with Gasteiger partial charge in [0.1, 0.15) is 0 Å². The van der Waals surface area contributed by atoms with Crippen LogP contribution in [-0.2, 0) is 28.1 Å². The zero-order chi connectivity index (χ0) is 34.4. The molecule has 0 aromatic heterocycles. The number of hydrogen-bond donors (Lipinski definition) is 0. The van der Waals surface area contributed by atoms with Gasteiger partial charge in [0.05, 0.1) is 66.1 Å². The Kier molecular flexibility index (Phi) is 25.0. The number of rotatable bonds is 32. The molecule has 2 rings (SSSR count). The predicted octanol–water partition coefficient (Wildman–Crippen LogP) is 8.74. The lowest BCUT2D eigenvalue weighted by Gasteiger charge is -2.43. The first-order valence-corrected chi connectivity index (χ1v) is 21.1. The zero-order valence-corrected chi connectivity index (χ0v) is 32.2. The van der Waals surface area contributed by atoms with Gasteiger partial charge in [-0.2, -0.15) is 0 Å². The van der Waals surface area contributed by atoms with Gasteiger partial charge in [-0.25, -0.2) is 0 Å². The fourth-order valence-electron chi connectivity index (χ4n) is 6.22. The molecule has 0 atom stereocenters. The normalized spacial score (nSPS) is 12.2. The molecule has 274 valence electrons. The molecule has 48 heavy (non-hydrogen) atoms. The van der Waals surface area contributed by atoms with E-state index in [2.05, 4.69) is 88.4 Å². The third-order valence-corrected chi connectivity index (χ3v) is 13.9. The van der Waals surface area contributed by atoms with Gasteiger partial charge >= 0.3 is 0 Å². The van der Waals surface area contributed by atoms with Crippen LogP contribution in [0.15, 0.2) is 60.7 Å². The van der Waals surface area contributed by atoms with Crippen LogP contribution in [0.2, 0.25) is 5.04 Å². The third-order valence-electron chi connectivity index (χ3n) is 8.84. The van der Waals surface area contributed by atoms with Gasteiger partial charge in [0.25, 0.3) is 8.32 Å². The van der Waals surface area contributed by atoms with Crippen molar-refractivity contribution in [3.8, 4) is 0 Å². The van der Waals surface area contributed by atoms with Crippen LogP contribution in [0.1, 0.15) is 111 Å². The van der Waals surface area contributed by atoms with Crippen LogP contribution in [0.4, 0.5) is 0 Å². The summed E-state index contributed by atoms with van der Waals surface area (Å²) in [6.45, 7) is 15.7. The molecular weight excluding hydrogens is 617 g/mol. The molecular formula is C41H70O6Si. The van der Waals surface area contributed by atoms with Gasteiger partial charge in [0.2, 0.25) is 0 Å². The summed E-state index contributed by atoms with van der Waals surface area (Å²) in [6, 6.07) is 21.4. The van der Waals surface area contributed by atoms with Crippen LogP contribution >= 0.6 is 0 Å². The predicted molar refractivity (Wildman–Crippen MR) is 203 cm³/mol. The first-order chi connectivity index (χ1) is 23.5. The van der Waals surface area contributed by atoms with E-state index < -0.39 is 8.32 Å². The summed E-state index contributed by atoms with van der Waals surface area (Å²) in [5.41, 5.74) is 0. The molecule has 2 aromatic rings. The molecule has 0 heterocycles. The van der Waals surface area contributed by atoms with Gasteiger partial charge in [0, 0.05) is 6.61 Å². The molecule has 0 saturated heterocycles. The van der Waals surface area contributed by atoms with Crippen LogP contribution in [0.5, 0.6) is 0 Å². The third kappa shape index (κ3) is 18.4. The molecule has 0 aliphatic carbocycles. The van der Waals surface area contributed by atoms with E-state index >= 15 is 0 Å². The van der Waals surface area contributed by atoms with Crippen molar-refractivity contribution in [3.05, 3.63) is 60.7 Å². The SMILES string of the molecule is CCCCCCCCCCCCCCCOCCOCCOCCOCCOCCO[Si](c1ccccc1)(c1ccccc1)C(C)(C)C. The van der Waals surface area contributed by atoms with Crippen molar-refractivity contribution in [2.45, 2.75) is 116 Å². The average Bonchev–Trinajstić information content (AvgIpc) is 3.09. The first-order valence-electron chi connectivity index (χ1n) is 19.2. The van der Waals surface area contributed by atoms with Gasteiger partial charge in [-0.15, -0.1) is 0 Å². The quantitative estimate of drug-likeness (QED) is 0.0567. The second-order valence-corrected chi connectivity index (χ2v) is 18.1. The van der Waals surface area contributed by atoms with Crippen molar-refractivity contribution in [3.63, 3.8) is 0 Å². The van der Waals surface area contributed by atoms with Gasteiger partial charge < -0.3 is 28.1 Å². The monoisotopic (exact) mass is 686 g/mol. The molecule has 0 bridgehead atoms. The Morgan fingerprint density at radius 2 is 0.708 bits per heavy atom. The molecule has 0 aliphatic heterocycles. The van der Waals surface area contributed by atoms with E-state index in [-0.39, 0.29) is 5.04 Å². The number of benzene rings is 2. The Morgan fingerprint density at radius 3 is 1.06 bits per heavy atom. The van der Waals surface area contributed by atoms with Crippen LogP contribution in [0, 0.1) is 0 Å². The Bertz CT molecular complexity index is 928. The fourth-order valence-corrected chi connectivity index (χ4v) is 10.8. The summed E-state index contributed by atoms with van der Waals surface area (Å²) in [5, 5.41) is 2.53. The van der Waals surface area contributed by atoms with Crippen molar-refractivity contribution < 1.29 is 28.1 Å². The summed E-state index contributed by atoms with van der Waals surface area (Å²) in [5.74, 6) is 0. The van der Waals surface area contributed by atoms with E-state index in [0.717, 1.165) is 13.0 Å². The van der Waals surface area contributed by atoms with Crippen LogP contribution in [0.25, 0.3) is 0 Å². The molecule has 7 heteroatoms. The Balaban J connectivity index is 1.37. The molecule has 0 spiro atoms. The van der Waals surface area contributed by atoms with Crippen molar-refractivity contribution in [2.75, 3.05) is 72.7 Å². The summed E-state index contributed by atoms with van der Waals surface area (Å²) < 4.78 is 35.3. The van der Waals surface area contributed by atoms with E-state index in [9.17, 15) is 0 Å². The maximum atomic E-state index is 6.86. The van der Waals surface area contributed by atoms with Gasteiger partial charge in [-0.1, -0.05) is 165 Å². The number of hydrogen-bond acceptors (Lipinski definition) is 6. The molecule has 2 aromatic carbocycles. The molecule has 0 saturated carbocycles. The highest BCUT2D eigenvalue weighted by atomic mass is 28.4. The Hall–Kier alpha value is -1.58. The van der Waals surface area contributed by atoms with Gasteiger partial charge in [0.15, 0.2) is 0 Å². The summed E-state index contributed by atoms with van der Waals surface area (Å²) in [6.07, 6.45) is 17.8. The van der Waals surface area contributed by atoms with Gasteiger partial charge in [-0.3, -0.25) is 0 Å². The average molecular weight is 687 g/mol. The topological polar surface area (TPSA) is 55.4 Å². The Morgan fingerprint density at radius 1 is 0.396 bits per heavy atom. The van der Waals surface area contributed by atoms with Crippen molar-refractivity contribution in [1.29, 1.82) is 0 Å². The second kappa shape index (κ2) is 28.2. The van der Waals surface area contributed by atoms with E-state index in [1.807, 2.05) is 0 Å². The maximum Gasteiger partial charge on any atom is 0.261 e. The molecule has 0 fully saturated rings. The van der Waals surface area contributed by atoms with E-state index in [0.29, 0.717) is 66.1 Å². The fraction of sp³-hybridized carbons (Fsp3) is 0.707. The molecule has 0 aliphatic rings. The van der Waals surface area contributed by atoms with Crippen molar-refractivity contribution in [2.24, 2.45) is 0 Å². The maximum absolute atomic E-state index is 6.86. The lowest BCUT2D eigenvalue weighted by Crippen LogP contribution is -2.66. The van der Waals surface area contributed by atoms with Gasteiger partial charge in [-0.05, 0) is 21.8 Å². The summed E-state index contributed by atoms with van der Waals surface area (Å²) >= 11 is 0. The molecule has 0 N–H and O–H groups in total. The van der Waals surface area contributed by atoms with Crippen LogP contribution in [-0.4, -0.2) is 81.0 Å². The summed E-state index contributed by atoms with van der Waals surface area (Å²) in [7, 11) is -2.52. The minimum absolute atomic E-state index is 0.0385. The smallest absolute Gasteiger partial charge is 0.261 e. The highest BCUT2D eigenvalue weighted by Crippen LogP contribution is 2.36. The standard InChI is InChI=1S/C41H70O6Si/c1-5-6-7-8-9-10-11-12-13-14-15-16-23-28-42-29-30-43-31-32-44-33-34-45-35-36-46-37-38-47-48(41(2,3)4,39-24-19-17-20-25-39)40-26-21-18-22-27-40/h17-22,24-27H,5-16,23,28-38H2,1-4H3. The lowest BCUT2D eigenvalue weighted by molar-refractivity contribution is -0.0130. The Labute approximate surface area is 295 Å². The zero-order valence-electron chi connectivity index (χ0n) is 31.2. The van der Waals surface area contributed by atoms with E-state index in [4.69, 9.17) is 28.1 Å². The molecule has 0 unspecified atom stereocenters. The van der Waals surface area contributed by atoms with E-state index in [1.54, 1.807) is 0 Å². The largest absolute Gasteiger partial charge is 0.405 e. The van der Waals surface area contributed by atoms with Crippen molar-refractivity contribution in [1.82, 2.24) is 0 Å². The molecule has 0 radical (unpaired) electrons.